The number of nitrogens with zero attached hydrogens (tertiary/aromatic N) is 2. The van der Waals surface area contributed by atoms with E-state index in [4.69, 9.17) is 22.1 Å². The number of allylic oxidation sites excluding steroid dienone is 1. The Morgan fingerprint density at radius 3 is 2.75 bits per heavy atom. The molecule has 0 amide bonds. The normalized spacial score (nSPS) is 17.8. The van der Waals surface area contributed by atoms with E-state index in [1.54, 1.807) is 19.3 Å². The zero-order valence-electron chi connectivity index (χ0n) is 18.2. The third kappa shape index (κ3) is 4.36. The van der Waals surface area contributed by atoms with Gasteiger partial charge in [-0.15, -0.1) is 11.6 Å². The van der Waals surface area contributed by atoms with Crippen LogP contribution in [0.1, 0.15) is 40.9 Å². The van der Waals surface area contributed by atoms with Crippen LogP contribution in [0.2, 0.25) is 0 Å². The number of carbonyl (C=O) groups is 1. The van der Waals surface area contributed by atoms with Gasteiger partial charge in [-0.3, -0.25) is 0 Å². The van der Waals surface area contributed by atoms with Crippen molar-refractivity contribution < 1.29 is 9.53 Å². The molecule has 6 nitrogen and oxygen atoms in total. The van der Waals surface area contributed by atoms with Gasteiger partial charge in [-0.1, -0.05) is 30.3 Å². The number of rotatable bonds is 8. The predicted octanol–water partition coefficient (Wildman–Crippen LogP) is 4.58. The van der Waals surface area contributed by atoms with Crippen molar-refractivity contribution in [2.75, 3.05) is 13.7 Å². The predicted molar refractivity (Wildman–Crippen MR) is 127 cm³/mol. The molecule has 1 aromatic heterocycles. The number of nitrogens with two attached hydrogens (primary N) is 1. The lowest BCUT2D eigenvalue weighted by Gasteiger charge is -2.12. The lowest BCUT2D eigenvalue weighted by atomic mass is 10.0. The van der Waals surface area contributed by atoms with Crippen molar-refractivity contribution in [3.8, 4) is 16.8 Å². The standard InChI is InChI=1S/C25H27ClN4O2/c1-3-32-25(31)22-14-29-30(24(22)21-12-20(21)23(27)15-28-2)19-9-5-8-18(11-19)17-7-4-6-16(10-17)13-26/h4-11,14-15,20-21,28H,3,12-13,27H2,1-2H3/b23-15-/t20?,21-/m1/s1. The highest BCUT2D eigenvalue weighted by Crippen LogP contribution is 2.51. The van der Waals surface area contributed by atoms with Crippen molar-refractivity contribution in [1.29, 1.82) is 0 Å². The van der Waals surface area contributed by atoms with E-state index in [1.807, 2.05) is 36.0 Å². The summed E-state index contributed by atoms with van der Waals surface area (Å²) in [5.74, 6) is 0.366. The van der Waals surface area contributed by atoms with Crippen molar-refractivity contribution in [3.63, 3.8) is 0 Å². The van der Waals surface area contributed by atoms with Crippen molar-refractivity contribution >= 4 is 17.6 Å². The summed E-state index contributed by atoms with van der Waals surface area (Å²) in [6.07, 6.45) is 4.26. The smallest absolute Gasteiger partial charge is 0.341 e. The summed E-state index contributed by atoms with van der Waals surface area (Å²) in [7, 11) is 1.82. The van der Waals surface area contributed by atoms with Gasteiger partial charge >= 0.3 is 5.97 Å². The average Bonchev–Trinajstić information content (AvgIpc) is 3.49. The summed E-state index contributed by atoms with van der Waals surface area (Å²) in [6.45, 7) is 2.11. The Balaban J connectivity index is 1.76. The minimum Gasteiger partial charge on any atom is -0.462 e. The van der Waals surface area contributed by atoms with E-state index < -0.39 is 0 Å². The maximum atomic E-state index is 12.7. The molecule has 0 spiro atoms. The fourth-order valence-corrected chi connectivity index (χ4v) is 4.24. The molecule has 1 fully saturated rings. The largest absolute Gasteiger partial charge is 0.462 e. The van der Waals surface area contributed by atoms with Crippen LogP contribution in [0.15, 0.2) is 66.6 Å². The molecule has 2 aromatic carbocycles. The molecule has 2 atom stereocenters. The molecule has 0 radical (unpaired) electrons. The molecular formula is C25H27ClN4O2. The second-order valence-electron chi connectivity index (χ2n) is 7.84. The van der Waals surface area contributed by atoms with Gasteiger partial charge in [0.1, 0.15) is 5.56 Å². The zero-order valence-corrected chi connectivity index (χ0v) is 19.0. The summed E-state index contributed by atoms with van der Waals surface area (Å²) in [5.41, 5.74) is 12.4. The van der Waals surface area contributed by atoms with E-state index in [0.29, 0.717) is 18.1 Å². The molecule has 4 rings (SSSR count). The van der Waals surface area contributed by atoms with E-state index in [-0.39, 0.29) is 17.8 Å². The molecule has 166 valence electrons. The number of aromatic nitrogens is 2. The number of alkyl halides is 1. The Kier molecular flexibility index (Phi) is 6.51. The van der Waals surface area contributed by atoms with Crippen LogP contribution in [0, 0.1) is 5.92 Å². The number of carbonyl (C=O) groups excluding carboxylic acids is 1. The highest BCUT2D eigenvalue weighted by molar-refractivity contribution is 6.17. The SMILES string of the molecule is CCOC(=O)c1cnn(-c2cccc(-c3cccc(CCl)c3)c2)c1[C@@H]1CC1/C(N)=C/NC. The molecule has 32 heavy (non-hydrogen) atoms. The molecule has 1 aliphatic rings. The molecule has 1 saturated carbocycles. The van der Waals surface area contributed by atoms with E-state index in [0.717, 1.165) is 40.2 Å². The van der Waals surface area contributed by atoms with Crippen LogP contribution in [0.4, 0.5) is 0 Å². The number of halogens is 1. The molecule has 0 saturated heterocycles. The van der Waals surface area contributed by atoms with Gasteiger partial charge in [0.05, 0.1) is 24.2 Å². The molecule has 3 aromatic rings. The molecule has 1 aliphatic carbocycles. The first kappa shape index (κ1) is 22.0. The lowest BCUT2D eigenvalue weighted by molar-refractivity contribution is 0.0525. The van der Waals surface area contributed by atoms with Gasteiger partial charge in [-0.05, 0) is 48.2 Å². The summed E-state index contributed by atoms with van der Waals surface area (Å²) in [5, 5.41) is 7.56. The monoisotopic (exact) mass is 450 g/mol. The number of nitrogens with one attached hydrogen (secondary N) is 1. The molecular weight excluding hydrogens is 424 g/mol. The van der Waals surface area contributed by atoms with Gasteiger partial charge in [0.15, 0.2) is 0 Å². The third-order valence-electron chi connectivity index (χ3n) is 5.69. The molecule has 0 bridgehead atoms. The Morgan fingerprint density at radius 2 is 2.03 bits per heavy atom. The molecule has 3 N–H and O–H groups in total. The van der Waals surface area contributed by atoms with Gasteiger partial charge in [0, 0.05) is 36.7 Å². The third-order valence-corrected chi connectivity index (χ3v) is 6.00. The number of benzene rings is 2. The number of esters is 1. The van der Waals surface area contributed by atoms with Crippen LogP contribution >= 0.6 is 11.6 Å². The maximum absolute atomic E-state index is 12.7. The number of hydrogen-bond donors (Lipinski definition) is 2. The Hall–Kier alpha value is -3.25. The second-order valence-corrected chi connectivity index (χ2v) is 8.11. The lowest BCUT2D eigenvalue weighted by Crippen LogP contribution is -2.11. The van der Waals surface area contributed by atoms with E-state index in [9.17, 15) is 4.79 Å². The molecule has 0 aliphatic heterocycles. The summed E-state index contributed by atoms with van der Waals surface area (Å²) >= 11 is 6.02. The van der Waals surface area contributed by atoms with Gasteiger partial charge in [0.2, 0.25) is 0 Å². The van der Waals surface area contributed by atoms with Gasteiger partial charge in [-0.2, -0.15) is 5.10 Å². The van der Waals surface area contributed by atoms with Crippen LogP contribution in [-0.2, 0) is 10.6 Å². The molecule has 7 heteroatoms. The van der Waals surface area contributed by atoms with E-state index in [1.165, 1.54) is 0 Å². The summed E-state index contributed by atoms with van der Waals surface area (Å²) in [4.78, 5) is 12.7. The quantitative estimate of drug-likeness (QED) is 0.388. The van der Waals surface area contributed by atoms with Gasteiger partial charge < -0.3 is 15.8 Å². The van der Waals surface area contributed by atoms with E-state index in [2.05, 4.69) is 34.7 Å². The molecule has 1 heterocycles. The highest BCUT2D eigenvalue weighted by Gasteiger charge is 2.45. The van der Waals surface area contributed by atoms with Crippen molar-refractivity contribution in [3.05, 3.63) is 83.4 Å². The average molecular weight is 451 g/mol. The van der Waals surface area contributed by atoms with Crippen molar-refractivity contribution in [2.24, 2.45) is 11.7 Å². The number of hydrogen-bond acceptors (Lipinski definition) is 5. The number of ether oxygens (including phenoxy) is 1. The Morgan fingerprint density at radius 1 is 1.28 bits per heavy atom. The molecule has 1 unspecified atom stereocenters. The maximum Gasteiger partial charge on any atom is 0.341 e. The first-order valence-corrected chi connectivity index (χ1v) is 11.2. The minimum absolute atomic E-state index is 0.102. The van der Waals surface area contributed by atoms with Crippen molar-refractivity contribution in [1.82, 2.24) is 15.1 Å². The summed E-state index contributed by atoms with van der Waals surface area (Å²) in [6, 6.07) is 16.3. The highest BCUT2D eigenvalue weighted by atomic mass is 35.5. The van der Waals surface area contributed by atoms with Crippen LogP contribution < -0.4 is 11.1 Å². The van der Waals surface area contributed by atoms with Crippen LogP contribution in [0.25, 0.3) is 16.8 Å². The summed E-state index contributed by atoms with van der Waals surface area (Å²) < 4.78 is 7.14. The Labute approximate surface area is 193 Å². The fourth-order valence-electron chi connectivity index (χ4n) is 4.08. The second kappa shape index (κ2) is 9.49. The minimum atomic E-state index is -0.360. The Bertz CT molecular complexity index is 1150. The first-order chi connectivity index (χ1) is 15.6. The zero-order chi connectivity index (χ0) is 22.7. The van der Waals surface area contributed by atoms with Crippen molar-refractivity contribution in [2.45, 2.75) is 25.1 Å². The fraction of sp³-hybridized carbons (Fsp3) is 0.280. The van der Waals surface area contributed by atoms with Gasteiger partial charge in [-0.25, -0.2) is 9.48 Å². The van der Waals surface area contributed by atoms with E-state index >= 15 is 0 Å². The van der Waals surface area contributed by atoms with Crippen LogP contribution in [-0.4, -0.2) is 29.4 Å². The van der Waals surface area contributed by atoms with Crippen LogP contribution in [0.3, 0.4) is 0 Å². The first-order valence-electron chi connectivity index (χ1n) is 10.7. The van der Waals surface area contributed by atoms with Crippen LogP contribution in [0.5, 0.6) is 0 Å². The topological polar surface area (TPSA) is 82.2 Å². The van der Waals surface area contributed by atoms with Gasteiger partial charge in [0.25, 0.3) is 0 Å².